The molecule has 2 rings (SSSR count). The lowest BCUT2D eigenvalue weighted by atomic mass is 10.1. The number of nitrogens with one attached hydrogen (secondary N) is 1. The summed E-state index contributed by atoms with van der Waals surface area (Å²) >= 11 is 3.50. The van der Waals surface area contributed by atoms with E-state index in [0.717, 1.165) is 30.4 Å². The average Bonchev–Trinajstić information content (AvgIpc) is 3.04. The Balaban J connectivity index is 1.83. The Labute approximate surface area is 105 Å². The van der Waals surface area contributed by atoms with E-state index in [-0.39, 0.29) is 5.41 Å². The minimum absolute atomic E-state index is 0.199. The van der Waals surface area contributed by atoms with Crippen LogP contribution in [0.15, 0.2) is 22.7 Å². The van der Waals surface area contributed by atoms with Gasteiger partial charge in [0.25, 0.3) is 0 Å². The molecule has 2 N–H and O–H groups in total. The Morgan fingerprint density at radius 1 is 1.44 bits per heavy atom. The molecule has 88 valence electrons. The highest BCUT2D eigenvalue weighted by atomic mass is 79.9. The molecule has 0 saturated heterocycles. The van der Waals surface area contributed by atoms with Crippen molar-refractivity contribution in [2.45, 2.75) is 26.3 Å². The second kappa shape index (κ2) is 4.86. The van der Waals surface area contributed by atoms with Crippen molar-refractivity contribution < 1.29 is 5.11 Å². The number of hydrogen-bond acceptors (Lipinski definition) is 2. The van der Waals surface area contributed by atoms with Crippen molar-refractivity contribution in [3.63, 3.8) is 0 Å². The third-order valence-electron chi connectivity index (χ3n) is 3.34. The van der Waals surface area contributed by atoms with E-state index in [1.54, 1.807) is 0 Å². The van der Waals surface area contributed by atoms with Gasteiger partial charge in [0.1, 0.15) is 0 Å². The van der Waals surface area contributed by atoms with Crippen LogP contribution in [0.2, 0.25) is 0 Å². The quantitative estimate of drug-likeness (QED) is 0.871. The zero-order valence-electron chi connectivity index (χ0n) is 9.59. The molecule has 3 heteroatoms. The van der Waals surface area contributed by atoms with Crippen LogP contribution in [0.25, 0.3) is 0 Å². The van der Waals surface area contributed by atoms with Crippen molar-refractivity contribution in [3.8, 4) is 0 Å². The van der Waals surface area contributed by atoms with E-state index in [9.17, 15) is 5.11 Å². The fourth-order valence-electron chi connectivity index (χ4n) is 1.86. The van der Waals surface area contributed by atoms with Gasteiger partial charge in [0.15, 0.2) is 0 Å². The molecule has 0 atom stereocenters. The topological polar surface area (TPSA) is 32.3 Å². The van der Waals surface area contributed by atoms with Gasteiger partial charge in [-0.15, -0.1) is 0 Å². The van der Waals surface area contributed by atoms with Crippen LogP contribution in [-0.2, 0) is 6.54 Å². The monoisotopic (exact) mass is 283 g/mol. The molecule has 0 unspecified atom stereocenters. The van der Waals surface area contributed by atoms with E-state index in [4.69, 9.17) is 0 Å². The van der Waals surface area contributed by atoms with E-state index in [2.05, 4.69) is 46.4 Å². The lowest BCUT2D eigenvalue weighted by Crippen LogP contribution is -2.26. The highest BCUT2D eigenvalue weighted by Gasteiger charge is 2.41. The number of aliphatic hydroxyl groups is 1. The zero-order chi connectivity index (χ0) is 11.6. The van der Waals surface area contributed by atoms with Crippen LogP contribution in [0.5, 0.6) is 0 Å². The van der Waals surface area contributed by atoms with Gasteiger partial charge in [0.05, 0.1) is 0 Å². The summed E-state index contributed by atoms with van der Waals surface area (Å²) in [5.41, 5.74) is 2.77. The average molecular weight is 284 g/mol. The maximum atomic E-state index is 9.19. The van der Waals surface area contributed by atoms with Crippen molar-refractivity contribution in [1.29, 1.82) is 0 Å². The molecule has 0 aromatic heterocycles. The fraction of sp³-hybridized carbons (Fsp3) is 0.538. The summed E-state index contributed by atoms with van der Waals surface area (Å²) in [7, 11) is 0. The molecule has 1 aromatic carbocycles. The molecule has 1 fully saturated rings. The van der Waals surface area contributed by atoms with Crippen molar-refractivity contribution in [2.24, 2.45) is 5.41 Å². The number of aryl methyl sites for hydroxylation is 1. The van der Waals surface area contributed by atoms with Gasteiger partial charge >= 0.3 is 0 Å². The van der Waals surface area contributed by atoms with Crippen LogP contribution >= 0.6 is 15.9 Å². The SMILES string of the molecule is Cc1cc(CNCC2(CO)CC2)ccc1Br. The third-order valence-corrected chi connectivity index (χ3v) is 4.23. The molecule has 0 bridgehead atoms. The summed E-state index contributed by atoms with van der Waals surface area (Å²) in [6.07, 6.45) is 2.33. The molecule has 16 heavy (non-hydrogen) atoms. The van der Waals surface area contributed by atoms with E-state index in [0.29, 0.717) is 6.61 Å². The highest BCUT2D eigenvalue weighted by Crippen LogP contribution is 2.44. The van der Waals surface area contributed by atoms with Crippen molar-refractivity contribution in [2.75, 3.05) is 13.2 Å². The number of halogens is 1. The molecular weight excluding hydrogens is 266 g/mol. The van der Waals surface area contributed by atoms with Crippen LogP contribution in [-0.4, -0.2) is 18.3 Å². The number of benzene rings is 1. The maximum absolute atomic E-state index is 9.19. The van der Waals surface area contributed by atoms with Gasteiger partial charge < -0.3 is 10.4 Å². The molecule has 2 nitrogen and oxygen atoms in total. The molecule has 1 aromatic rings. The van der Waals surface area contributed by atoms with Gasteiger partial charge in [-0.05, 0) is 37.0 Å². The van der Waals surface area contributed by atoms with Gasteiger partial charge in [-0.2, -0.15) is 0 Å². The van der Waals surface area contributed by atoms with E-state index in [1.165, 1.54) is 11.1 Å². The molecule has 0 aliphatic heterocycles. The van der Waals surface area contributed by atoms with Gasteiger partial charge in [0.2, 0.25) is 0 Å². The normalized spacial score (nSPS) is 17.4. The first kappa shape index (κ1) is 12.1. The summed E-state index contributed by atoms with van der Waals surface area (Å²) in [4.78, 5) is 0. The van der Waals surface area contributed by atoms with Gasteiger partial charge in [-0.1, -0.05) is 28.1 Å². The second-order valence-corrected chi connectivity index (χ2v) is 5.70. The summed E-state index contributed by atoms with van der Waals surface area (Å²) in [6, 6.07) is 6.41. The lowest BCUT2D eigenvalue weighted by Gasteiger charge is -2.13. The number of rotatable bonds is 5. The molecule has 0 amide bonds. The third kappa shape index (κ3) is 2.84. The Morgan fingerprint density at radius 2 is 2.19 bits per heavy atom. The molecule has 1 aliphatic rings. The fourth-order valence-corrected chi connectivity index (χ4v) is 2.10. The molecular formula is C13H18BrNO. The minimum Gasteiger partial charge on any atom is -0.396 e. The Morgan fingerprint density at radius 3 is 2.75 bits per heavy atom. The largest absolute Gasteiger partial charge is 0.396 e. The van der Waals surface area contributed by atoms with Gasteiger partial charge in [-0.25, -0.2) is 0 Å². The predicted octanol–water partition coefficient (Wildman–Crippen LogP) is 2.62. The first-order valence-corrected chi connectivity index (χ1v) is 6.51. The molecule has 0 spiro atoms. The molecule has 0 radical (unpaired) electrons. The maximum Gasteiger partial charge on any atom is 0.0499 e. The van der Waals surface area contributed by atoms with Crippen LogP contribution in [0.3, 0.4) is 0 Å². The molecule has 1 aliphatic carbocycles. The van der Waals surface area contributed by atoms with E-state index < -0.39 is 0 Å². The standard InChI is InChI=1S/C13H18BrNO/c1-10-6-11(2-3-12(10)14)7-15-8-13(9-16)4-5-13/h2-3,6,15-16H,4-5,7-9H2,1H3. The highest BCUT2D eigenvalue weighted by molar-refractivity contribution is 9.10. The Bertz CT molecular complexity index is 374. The van der Waals surface area contributed by atoms with Crippen LogP contribution in [0, 0.1) is 12.3 Å². The summed E-state index contributed by atoms with van der Waals surface area (Å²) in [5, 5.41) is 12.6. The van der Waals surface area contributed by atoms with Crippen LogP contribution in [0.1, 0.15) is 24.0 Å². The van der Waals surface area contributed by atoms with Crippen LogP contribution in [0.4, 0.5) is 0 Å². The van der Waals surface area contributed by atoms with Crippen molar-refractivity contribution in [3.05, 3.63) is 33.8 Å². The molecule has 1 saturated carbocycles. The zero-order valence-corrected chi connectivity index (χ0v) is 11.2. The van der Waals surface area contributed by atoms with Crippen molar-refractivity contribution >= 4 is 15.9 Å². The first-order chi connectivity index (χ1) is 7.65. The Hall–Kier alpha value is -0.380. The van der Waals surface area contributed by atoms with E-state index >= 15 is 0 Å². The van der Waals surface area contributed by atoms with E-state index in [1.807, 2.05) is 0 Å². The molecule has 0 heterocycles. The summed E-state index contributed by atoms with van der Waals surface area (Å²) in [5.74, 6) is 0. The first-order valence-electron chi connectivity index (χ1n) is 5.72. The van der Waals surface area contributed by atoms with Crippen molar-refractivity contribution in [1.82, 2.24) is 5.32 Å². The van der Waals surface area contributed by atoms with Crippen LogP contribution < -0.4 is 5.32 Å². The second-order valence-electron chi connectivity index (χ2n) is 4.85. The van der Waals surface area contributed by atoms with Gasteiger partial charge in [0, 0.05) is 29.6 Å². The number of aliphatic hydroxyl groups excluding tert-OH is 1. The smallest absolute Gasteiger partial charge is 0.0499 e. The minimum atomic E-state index is 0.199. The lowest BCUT2D eigenvalue weighted by molar-refractivity contribution is 0.207. The summed E-state index contributed by atoms with van der Waals surface area (Å²) < 4.78 is 1.16. The van der Waals surface area contributed by atoms with Gasteiger partial charge in [-0.3, -0.25) is 0 Å². The summed E-state index contributed by atoms with van der Waals surface area (Å²) in [6.45, 7) is 4.23. The Kier molecular flexibility index (Phi) is 3.67. The number of hydrogen-bond donors (Lipinski definition) is 2. The predicted molar refractivity (Wildman–Crippen MR) is 69.3 cm³/mol.